The van der Waals surface area contributed by atoms with E-state index in [1.807, 2.05) is 6.07 Å². The minimum Gasteiger partial charge on any atom is -0.456 e. The SMILES string of the molecule is c1ccc(-c2ccc(-c3ccc(N(c4cccc(-c5ccc6ccccc6c5)c4)c4ccccc4-c4ccccc4N(c4ccccc4-c4ccc(-c5ccccc5)cc4)c4cccc5oc6ccccc6c45)cc3)cc2)cc1. The molecule has 0 bridgehead atoms. The Bertz CT molecular complexity index is 4470. The molecule has 1 heterocycles. The molecule has 0 spiro atoms. The van der Waals surface area contributed by atoms with Gasteiger partial charge in [-0.2, -0.15) is 0 Å². The lowest BCUT2D eigenvalue weighted by Crippen LogP contribution is -2.14. The molecule has 1 aromatic heterocycles. The Morgan fingerprint density at radius 2 is 0.633 bits per heavy atom. The third-order valence-corrected chi connectivity index (χ3v) is 15.3. The average Bonchev–Trinajstić information content (AvgIpc) is 4.03. The summed E-state index contributed by atoms with van der Waals surface area (Å²) in [5, 5.41) is 4.55. The van der Waals surface area contributed by atoms with Crippen LogP contribution in [0.4, 0.5) is 34.1 Å². The number of fused-ring (bicyclic) bond motifs is 4. The van der Waals surface area contributed by atoms with Gasteiger partial charge in [0, 0.05) is 33.5 Å². The molecule has 0 atom stereocenters. The second-order valence-corrected chi connectivity index (χ2v) is 20.0. The van der Waals surface area contributed by atoms with Crippen LogP contribution < -0.4 is 9.80 Å². The molecule has 0 saturated carbocycles. The van der Waals surface area contributed by atoms with Crippen molar-refractivity contribution in [1.29, 1.82) is 0 Å². The fourth-order valence-electron chi connectivity index (χ4n) is 11.4. The first-order valence-electron chi connectivity index (χ1n) is 27.0. The summed E-state index contributed by atoms with van der Waals surface area (Å²) in [6, 6.07) is 114. The first kappa shape index (κ1) is 47.0. The van der Waals surface area contributed by atoms with Gasteiger partial charge in [-0.1, -0.05) is 249 Å². The summed E-state index contributed by atoms with van der Waals surface area (Å²) in [4.78, 5) is 4.88. The molecule has 0 amide bonds. The van der Waals surface area contributed by atoms with Crippen LogP contribution in [-0.2, 0) is 0 Å². The van der Waals surface area contributed by atoms with Gasteiger partial charge in [0.1, 0.15) is 11.2 Å². The van der Waals surface area contributed by atoms with E-state index in [0.717, 1.165) is 89.4 Å². The molecule has 3 nitrogen and oxygen atoms in total. The van der Waals surface area contributed by atoms with Crippen molar-refractivity contribution < 1.29 is 4.42 Å². The minimum atomic E-state index is 0.833. The molecule has 0 radical (unpaired) electrons. The fraction of sp³-hybridized carbons (Fsp3) is 0. The third-order valence-electron chi connectivity index (χ3n) is 15.3. The largest absolute Gasteiger partial charge is 0.456 e. The van der Waals surface area contributed by atoms with Gasteiger partial charge >= 0.3 is 0 Å². The van der Waals surface area contributed by atoms with Gasteiger partial charge in [0.05, 0.1) is 28.1 Å². The fourth-order valence-corrected chi connectivity index (χ4v) is 11.4. The van der Waals surface area contributed by atoms with E-state index >= 15 is 0 Å². The highest BCUT2D eigenvalue weighted by Gasteiger charge is 2.26. The predicted molar refractivity (Wildman–Crippen MR) is 333 cm³/mol. The topological polar surface area (TPSA) is 19.6 Å². The number of hydrogen-bond acceptors (Lipinski definition) is 3. The van der Waals surface area contributed by atoms with E-state index in [9.17, 15) is 0 Å². The van der Waals surface area contributed by atoms with Crippen molar-refractivity contribution >= 4 is 66.8 Å². The number of anilines is 6. The maximum atomic E-state index is 6.64. The van der Waals surface area contributed by atoms with Crippen molar-refractivity contribution in [2.75, 3.05) is 9.80 Å². The highest BCUT2D eigenvalue weighted by molar-refractivity contribution is 6.14. The van der Waals surface area contributed by atoms with E-state index in [1.165, 1.54) is 44.2 Å². The average molecular weight is 1010 g/mol. The second kappa shape index (κ2) is 20.6. The van der Waals surface area contributed by atoms with Gasteiger partial charge in [0.25, 0.3) is 0 Å². The van der Waals surface area contributed by atoms with Crippen molar-refractivity contribution in [3.8, 4) is 66.8 Å². The quantitative estimate of drug-likeness (QED) is 0.122. The van der Waals surface area contributed by atoms with E-state index in [0.29, 0.717) is 0 Å². The molecule has 0 aliphatic heterocycles. The van der Waals surface area contributed by atoms with Crippen LogP contribution in [0.15, 0.2) is 320 Å². The van der Waals surface area contributed by atoms with Crippen LogP contribution in [0.1, 0.15) is 0 Å². The zero-order valence-corrected chi connectivity index (χ0v) is 43.3. The Kier molecular flexibility index (Phi) is 12.2. The maximum Gasteiger partial charge on any atom is 0.137 e. The Labute approximate surface area is 460 Å². The summed E-state index contributed by atoms with van der Waals surface area (Å²) in [6.07, 6.45) is 0. The van der Waals surface area contributed by atoms with E-state index in [-0.39, 0.29) is 0 Å². The smallest absolute Gasteiger partial charge is 0.137 e. The highest BCUT2D eigenvalue weighted by Crippen LogP contribution is 2.51. The lowest BCUT2D eigenvalue weighted by atomic mass is 9.95. The molecule has 0 fully saturated rings. The first-order valence-corrected chi connectivity index (χ1v) is 27.0. The van der Waals surface area contributed by atoms with Crippen LogP contribution in [0.2, 0.25) is 0 Å². The molecule has 14 aromatic rings. The first-order chi connectivity index (χ1) is 39.2. The summed E-state index contributed by atoms with van der Waals surface area (Å²) >= 11 is 0. The highest BCUT2D eigenvalue weighted by atomic mass is 16.3. The molecule has 0 saturated heterocycles. The van der Waals surface area contributed by atoms with Gasteiger partial charge < -0.3 is 14.2 Å². The summed E-state index contributed by atoms with van der Waals surface area (Å²) < 4.78 is 6.64. The van der Waals surface area contributed by atoms with E-state index < -0.39 is 0 Å². The molecular weight excluding hydrogens is 957 g/mol. The van der Waals surface area contributed by atoms with Gasteiger partial charge in [-0.25, -0.2) is 0 Å². The van der Waals surface area contributed by atoms with Crippen molar-refractivity contribution in [1.82, 2.24) is 0 Å². The molecule has 3 heteroatoms. The van der Waals surface area contributed by atoms with Crippen LogP contribution >= 0.6 is 0 Å². The van der Waals surface area contributed by atoms with E-state index in [2.05, 4.69) is 319 Å². The lowest BCUT2D eigenvalue weighted by Gasteiger charge is -2.32. The molecule has 0 N–H and O–H groups in total. The number of benzene rings is 13. The zero-order chi connectivity index (χ0) is 52.5. The van der Waals surface area contributed by atoms with Crippen LogP contribution in [0.3, 0.4) is 0 Å². The van der Waals surface area contributed by atoms with E-state index in [4.69, 9.17) is 4.42 Å². The zero-order valence-electron chi connectivity index (χ0n) is 43.3. The van der Waals surface area contributed by atoms with Gasteiger partial charge in [0.2, 0.25) is 0 Å². The minimum absolute atomic E-state index is 0.833. The third kappa shape index (κ3) is 8.99. The predicted octanol–water partition coefficient (Wildman–Crippen LogP) is 21.7. The second-order valence-electron chi connectivity index (χ2n) is 20.0. The molecule has 14 rings (SSSR count). The van der Waals surface area contributed by atoms with Gasteiger partial charge in [-0.3, -0.25) is 0 Å². The van der Waals surface area contributed by atoms with E-state index in [1.54, 1.807) is 0 Å². The summed E-state index contributed by atoms with van der Waals surface area (Å²) in [6.45, 7) is 0. The van der Waals surface area contributed by atoms with Crippen LogP contribution in [0.5, 0.6) is 0 Å². The molecule has 13 aromatic carbocycles. The number of furan rings is 1. The van der Waals surface area contributed by atoms with Crippen molar-refractivity contribution in [3.63, 3.8) is 0 Å². The molecule has 0 aliphatic carbocycles. The summed E-state index contributed by atoms with van der Waals surface area (Å²) in [5.74, 6) is 0. The Balaban J connectivity index is 0.948. The maximum absolute atomic E-state index is 6.64. The number of para-hydroxylation sites is 4. The number of nitrogens with zero attached hydrogens (tertiary/aromatic N) is 2. The normalized spacial score (nSPS) is 11.3. The van der Waals surface area contributed by atoms with Crippen molar-refractivity contribution in [3.05, 3.63) is 315 Å². The van der Waals surface area contributed by atoms with Crippen molar-refractivity contribution in [2.45, 2.75) is 0 Å². The molecule has 372 valence electrons. The monoisotopic (exact) mass is 1010 g/mol. The molecule has 79 heavy (non-hydrogen) atoms. The molecule has 0 unspecified atom stereocenters. The number of hydrogen-bond donors (Lipinski definition) is 0. The number of rotatable bonds is 12. The van der Waals surface area contributed by atoms with Crippen LogP contribution in [0, 0.1) is 0 Å². The summed E-state index contributed by atoms with van der Waals surface area (Å²) in [7, 11) is 0. The van der Waals surface area contributed by atoms with Gasteiger partial charge in [0.15, 0.2) is 0 Å². The standard InChI is InChI=1S/C76H52N2O/c1-3-19-53(20-4-1)56-37-39-58(40-38-56)59-47-49-64(50-48-59)77(65-26-17-25-62(52-65)63-46-43-55-23-7-8-24-61(55)51-63)71-32-14-10-28-67(71)68-29-11-15-33-72(68)78(73-34-18-36-75-76(73)69-30-12-16-35-74(69)79-75)70-31-13-9-27-66(70)60-44-41-57(42-45-60)54-21-5-2-6-22-54/h1-52H. The van der Waals surface area contributed by atoms with Crippen molar-refractivity contribution in [2.24, 2.45) is 0 Å². The lowest BCUT2D eigenvalue weighted by molar-refractivity contribution is 0.669. The Morgan fingerprint density at radius 3 is 1.28 bits per heavy atom. The van der Waals surface area contributed by atoms with Crippen LogP contribution in [0.25, 0.3) is 99.5 Å². The Morgan fingerprint density at radius 1 is 0.215 bits per heavy atom. The molecular formula is C76H52N2O. The van der Waals surface area contributed by atoms with Gasteiger partial charge in [-0.15, -0.1) is 0 Å². The summed E-state index contributed by atoms with van der Waals surface area (Å²) in [5.41, 5.74) is 21.7. The molecule has 0 aliphatic rings. The van der Waals surface area contributed by atoms with Crippen LogP contribution in [-0.4, -0.2) is 0 Å². The Hall–Kier alpha value is -10.5. The van der Waals surface area contributed by atoms with Gasteiger partial charge in [-0.05, 0) is 128 Å².